The van der Waals surface area contributed by atoms with E-state index in [1.54, 1.807) is 0 Å². The third-order valence-corrected chi connectivity index (χ3v) is 7.45. The molecular formula is C22H26F2N4O4S. The van der Waals surface area contributed by atoms with E-state index >= 15 is 0 Å². The van der Waals surface area contributed by atoms with Gasteiger partial charge in [-0.1, -0.05) is 0 Å². The molecule has 2 aliphatic rings. The number of likely N-dealkylation sites (tertiary alicyclic amines) is 1. The Labute approximate surface area is 191 Å². The third-order valence-electron chi connectivity index (χ3n) is 6.07. The Hall–Kier alpha value is -2.79. The monoisotopic (exact) mass is 480 g/mol. The summed E-state index contributed by atoms with van der Waals surface area (Å²) in [5, 5.41) is 9.36. The number of rotatable bonds is 7. The Morgan fingerprint density at radius 3 is 2.64 bits per heavy atom. The molecule has 0 amide bonds. The number of hydrogen-bond acceptors (Lipinski definition) is 6. The molecule has 11 heteroatoms. The maximum atomic E-state index is 14.2. The number of anilines is 2. The summed E-state index contributed by atoms with van der Waals surface area (Å²) in [6, 6.07) is 3.28. The average Bonchev–Trinajstić information content (AvgIpc) is 3.28. The number of halogens is 2. The highest BCUT2D eigenvalue weighted by molar-refractivity contribution is 7.92. The van der Waals surface area contributed by atoms with Crippen molar-refractivity contribution in [1.82, 2.24) is 9.88 Å². The van der Waals surface area contributed by atoms with Crippen molar-refractivity contribution >= 4 is 27.5 Å². The number of hydrogen-bond donors (Lipinski definition) is 2. The van der Waals surface area contributed by atoms with E-state index in [1.807, 2.05) is 4.90 Å². The summed E-state index contributed by atoms with van der Waals surface area (Å²) >= 11 is 0. The predicted octanol–water partition coefficient (Wildman–Crippen LogP) is 3.17. The average molecular weight is 481 g/mol. The highest BCUT2D eigenvalue weighted by atomic mass is 32.2. The molecule has 1 aromatic carbocycles. The minimum Gasteiger partial charge on any atom is -0.478 e. The fraction of sp³-hybridized carbons (Fsp3) is 0.455. The number of sulfonamides is 1. The van der Waals surface area contributed by atoms with Gasteiger partial charge in [-0.25, -0.2) is 27.0 Å². The van der Waals surface area contributed by atoms with Crippen LogP contribution in [0, 0.1) is 17.6 Å². The number of nitrogens with one attached hydrogen (secondary N) is 1. The molecule has 0 spiro atoms. The van der Waals surface area contributed by atoms with Gasteiger partial charge in [0.1, 0.15) is 16.5 Å². The Kier molecular flexibility index (Phi) is 6.80. The van der Waals surface area contributed by atoms with E-state index in [0.29, 0.717) is 25.1 Å². The van der Waals surface area contributed by atoms with Crippen molar-refractivity contribution < 1.29 is 27.1 Å². The van der Waals surface area contributed by atoms with Crippen molar-refractivity contribution in [3.8, 4) is 0 Å². The van der Waals surface area contributed by atoms with Crippen LogP contribution in [0.4, 0.5) is 20.3 Å². The van der Waals surface area contributed by atoms with Gasteiger partial charge in [0.05, 0.1) is 11.3 Å². The molecule has 1 unspecified atom stereocenters. The minimum atomic E-state index is -4.54. The lowest BCUT2D eigenvalue weighted by atomic mass is 9.97. The highest BCUT2D eigenvalue weighted by Crippen LogP contribution is 2.31. The summed E-state index contributed by atoms with van der Waals surface area (Å²) in [4.78, 5) is 19.2. The van der Waals surface area contributed by atoms with Crippen molar-refractivity contribution in [3.05, 3.63) is 47.7 Å². The van der Waals surface area contributed by atoms with E-state index in [0.717, 1.165) is 50.7 Å². The molecule has 0 saturated carbocycles. The summed E-state index contributed by atoms with van der Waals surface area (Å²) in [7, 11) is -4.54. The van der Waals surface area contributed by atoms with Crippen molar-refractivity contribution in [1.29, 1.82) is 0 Å². The van der Waals surface area contributed by atoms with Gasteiger partial charge in [0.15, 0.2) is 5.82 Å². The van der Waals surface area contributed by atoms with Crippen LogP contribution in [0.3, 0.4) is 0 Å². The molecule has 2 aliphatic heterocycles. The summed E-state index contributed by atoms with van der Waals surface area (Å²) < 4.78 is 55.7. The number of aromatic carboxylic acids is 1. The standard InChI is InChI=1S/C22H26F2N4O4S/c23-17-5-6-18(24)20(11-17)33(31,32)26-19-10-16(22(29)30)12-25-21(19)28-9-3-4-15(14-28)13-27-7-1-2-8-27/h5-6,10-12,15,26H,1-4,7-9,13-14H2,(H,29,30). The van der Waals surface area contributed by atoms with Crippen LogP contribution in [-0.4, -0.2) is 62.1 Å². The van der Waals surface area contributed by atoms with E-state index < -0.39 is 32.5 Å². The van der Waals surface area contributed by atoms with Crippen molar-refractivity contribution in [2.24, 2.45) is 5.92 Å². The zero-order chi connectivity index (χ0) is 23.6. The summed E-state index contributed by atoms with van der Waals surface area (Å²) in [6.45, 7) is 4.36. The summed E-state index contributed by atoms with van der Waals surface area (Å²) in [5.41, 5.74) is -0.304. The quantitative estimate of drug-likeness (QED) is 0.628. The molecule has 0 aliphatic carbocycles. The first-order chi connectivity index (χ1) is 15.7. The second-order valence-electron chi connectivity index (χ2n) is 8.54. The number of benzene rings is 1. The van der Waals surface area contributed by atoms with E-state index in [9.17, 15) is 27.1 Å². The maximum absolute atomic E-state index is 14.2. The summed E-state index contributed by atoms with van der Waals surface area (Å²) in [6.07, 6.45) is 5.47. The molecule has 178 valence electrons. The number of carboxylic acid groups (broad SMARTS) is 1. The molecule has 33 heavy (non-hydrogen) atoms. The van der Waals surface area contributed by atoms with Gasteiger partial charge >= 0.3 is 5.97 Å². The van der Waals surface area contributed by atoms with Crippen LogP contribution in [0.5, 0.6) is 0 Å². The van der Waals surface area contributed by atoms with Crippen LogP contribution in [0.25, 0.3) is 0 Å². The van der Waals surface area contributed by atoms with Crippen molar-refractivity contribution in [2.75, 3.05) is 42.3 Å². The van der Waals surface area contributed by atoms with Crippen LogP contribution in [0.15, 0.2) is 35.4 Å². The van der Waals surface area contributed by atoms with Gasteiger partial charge in [-0.2, -0.15) is 0 Å². The molecule has 2 saturated heterocycles. The molecule has 4 rings (SSSR count). The molecule has 0 bridgehead atoms. The van der Waals surface area contributed by atoms with Gasteiger partial charge in [0.2, 0.25) is 0 Å². The van der Waals surface area contributed by atoms with E-state index in [-0.39, 0.29) is 17.1 Å². The van der Waals surface area contributed by atoms with Crippen LogP contribution in [0.1, 0.15) is 36.0 Å². The number of carbonyl (C=O) groups is 1. The normalized spacial score (nSPS) is 19.6. The molecule has 2 aromatic rings. The number of nitrogens with zero attached hydrogens (tertiary/aromatic N) is 3. The van der Waals surface area contributed by atoms with E-state index in [1.165, 1.54) is 19.0 Å². The minimum absolute atomic E-state index is 0.0830. The largest absolute Gasteiger partial charge is 0.478 e. The topological polar surface area (TPSA) is 103 Å². The molecular weight excluding hydrogens is 454 g/mol. The Bertz CT molecular complexity index is 1140. The Balaban J connectivity index is 1.63. The predicted molar refractivity (Wildman–Crippen MR) is 119 cm³/mol. The number of aromatic nitrogens is 1. The van der Waals surface area contributed by atoms with Crippen molar-refractivity contribution in [2.45, 2.75) is 30.6 Å². The Morgan fingerprint density at radius 2 is 1.91 bits per heavy atom. The lowest BCUT2D eigenvalue weighted by molar-refractivity contribution is 0.0696. The van der Waals surface area contributed by atoms with Crippen LogP contribution in [0.2, 0.25) is 0 Å². The molecule has 1 aromatic heterocycles. The maximum Gasteiger partial charge on any atom is 0.337 e. The molecule has 1 atom stereocenters. The first-order valence-corrected chi connectivity index (χ1v) is 12.4. The van der Waals surface area contributed by atoms with Crippen LogP contribution >= 0.6 is 0 Å². The van der Waals surface area contributed by atoms with E-state index in [2.05, 4.69) is 14.6 Å². The lowest BCUT2D eigenvalue weighted by Gasteiger charge is -2.36. The lowest BCUT2D eigenvalue weighted by Crippen LogP contribution is -2.41. The first kappa shape index (κ1) is 23.4. The molecule has 3 heterocycles. The van der Waals surface area contributed by atoms with Gasteiger partial charge in [0.25, 0.3) is 10.0 Å². The SMILES string of the molecule is O=C(O)c1cnc(N2CCCC(CN3CCCC3)C2)c(NS(=O)(=O)c2cc(F)ccc2F)c1. The molecule has 0 radical (unpaired) electrons. The zero-order valence-electron chi connectivity index (χ0n) is 18.0. The number of pyridine rings is 1. The Morgan fingerprint density at radius 1 is 1.15 bits per heavy atom. The third kappa shape index (κ3) is 5.41. The zero-order valence-corrected chi connectivity index (χ0v) is 18.8. The molecule has 2 fully saturated rings. The molecule has 8 nitrogen and oxygen atoms in total. The fourth-order valence-electron chi connectivity index (χ4n) is 4.52. The number of piperidine rings is 1. The second-order valence-corrected chi connectivity index (χ2v) is 10.2. The smallest absolute Gasteiger partial charge is 0.337 e. The van der Waals surface area contributed by atoms with Gasteiger partial charge in [0, 0.05) is 25.8 Å². The number of carboxylic acids is 1. The van der Waals surface area contributed by atoms with Gasteiger partial charge in [-0.3, -0.25) is 4.72 Å². The van der Waals surface area contributed by atoms with Gasteiger partial charge < -0.3 is 14.9 Å². The highest BCUT2D eigenvalue weighted by Gasteiger charge is 2.28. The van der Waals surface area contributed by atoms with E-state index in [4.69, 9.17) is 0 Å². The summed E-state index contributed by atoms with van der Waals surface area (Å²) in [5.74, 6) is -2.67. The van der Waals surface area contributed by atoms with Gasteiger partial charge in [-0.05, 0) is 69.0 Å². The molecule has 2 N–H and O–H groups in total. The van der Waals surface area contributed by atoms with Gasteiger partial charge in [-0.15, -0.1) is 0 Å². The first-order valence-electron chi connectivity index (χ1n) is 10.9. The van der Waals surface area contributed by atoms with Crippen LogP contribution < -0.4 is 9.62 Å². The van der Waals surface area contributed by atoms with Crippen molar-refractivity contribution in [3.63, 3.8) is 0 Å². The van der Waals surface area contributed by atoms with Crippen LogP contribution in [-0.2, 0) is 10.0 Å². The second kappa shape index (κ2) is 9.60. The fourth-order valence-corrected chi connectivity index (χ4v) is 5.66.